The van der Waals surface area contributed by atoms with E-state index in [0.717, 1.165) is 35.7 Å². The molecule has 0 N–H and O–H groups in total. The lowest BCUT2D eigenvalue weighted by atomic mass is 10.0. The van der Waals surface area contributed by atoms with E-state index in [2.05, 4.69) is 42.7 Å². The molecule has 1 heterocycles. The molecule has 0 saturated carbocycles. The van der Waals surface area contributed by atoms with Gasteiger partial charge in [0.05, 0.1) is 26.2 Å². The van der Waals surface area contributed by atoms with Gasteiger partial charge in [-0.15, -0.1) is 0 Å². The Kier molecular flexibility index (Phi) is 5.61. The molecule has 0 bridgehead atoms. The van der Waals surface area contributed by atoms with Crippen LogP contribution in [-0.2, 0) is 13.0 Å². The Labute approximate surface area is 155 Å². The zero-order chi connectivity index (χ0) is 18.5. The van der Waals surface area contributed by atoms with Gasteiger partial charge in [0.25, 0.3) is 0 Å². The van der Waals surface area contributed by atoms with Crippen LogP contribution in [-0.4, -0.2) is 23.8 Å². The average molecular weight is 350 g/mol. The maximum atomic E-state index is 5.47. The fourth-order valence-corrected chi connectivity index (χ4v) is 3.30. The molecule has 4 nitrogen and oxygen atoms in total. The molecule has 136 valence electrons. The second-order valence-electron chi connectivity index (χ2n) is 6.62. The minimum Gasteiger partial charge on any atom is -0.497 e. The van der Waals surface area contributed by atoms with Gasteiger partial charge >= 0.3 is 0 Å². The highest BCUT2D eigenvalue weighted by molar-refractivity contribution is 5.63. The van der Waals surface area contributed by atoms with Gasteiger partial charge in [-0.3, -0.25) is 0 Å². The maximum absolute atomic E-state index is 5.47. The number of para-hydroxylation sites is 1. The van der Waals surface area contributed by atoms with Crippen molar-refractivity contribution in [2.24, 2.45) is 0 Å². The Morgan fingerprint density at radius 3 is 2.35 bits per heavy atom. The fourth-order valence-electron chi connectivity index (χ4n) is 3.30. The molecule has 1 aromatic heterocycles. The number of hydrogen-bond acceptors (Lipinski definition) is 3. The lowest BCUT2D eigenvalue weighted by Gasteiger charge is -2.14. The molecule has 26 heavy (non-hydrogen) atoms. The van der Waals surface area contributed by atoms with E-state index in [4.69, 9.17) is 14.5 Å². The second-order valence-corrected chi connectivity index (χ2v) is 6.62. The number of aromatic nitrogens is 2. The summed E-state index contributed by atoms with van der Waals surface area (Å²) in [5, 5.41) is 0. The van der Waals surface area contributed by atoms with Crippen LogP contribution >= 0.6 is 0 Å². The van der Waals surface area contributed by atoms with E-state index in [-0.39, 0.29) is 0 Å². The molecule has 0 radical (unpaired) electrons. The van der Waals surface area contributed by atoms with Crippen LogP contribution in [0, 0.1) is 0 Å². The number of methoxy groups -OCH3 is 2. The van der Waals surface area contributed by atoms with Gasteiger partial charge in [0.1, 0.15) is 11.5 Å². The number of rotatable bonds is 7. The predicted molar refractivity (Wildman–Crippen MR) is 105 cm³/mol. The number of imidazole rings is 1. The molecule has 3 rings (SSSR count). The van der Waals surface area contributed by atoms with Crippen LogP contribution in [0.3, 0.4) is 0 Å². The smallest absolute Gasteiger partial charge is 0.122 e. The lowest BCUT2D eigenvalue weighted by molar-refractivity contribution is 0.408. The van der Waals surface area contributed by atoms with Crippen molar-refractivity contribution in [1.82, 2.24) is 9.55 Å². The number of aryl methyl sites for hydroxylation is 2. The molecule has 3 aromatic rings. The zero-order valence-electron chi connectivity index (χ0n) is 15.9. The standard InChI is InChI=1S/C22H26N2O2/c1-16(2)22-21(18-9-11-19(25-3)12-10-18)23-15-24(22)14-13-17-7-5-6-8-20(17)26-4/h5-12,15-16H,13-14H2,1-4H3. The third-order valence-corrected chi connectivity index (χ3v) is 4.60. The van der Waals surface area contributed by atoms with E-state index in [1.165, 1.54) is 11.3 Å². The molecule has 0 aliphatic carbocycles. The van der Waals surface area contributed by atoms with Crippen molar-refractivity contribution in [2.45, 2.75) is 32.7 Å². The van der Waals surface area contributed by atoms with Crippen LogP contribution in [0.5, 0.6) is 11.5 Å². The number of ether oxygens (including phenoxy) is 2. The van der Waals surface area contributed by atoms with Gasteiger partial charge in [0.2, 0.25) is 0 Å². The molecule has 2 aromatic carbocycles. The Morgan fingerprint density at radius 1 is 0.962 bits per heavy atom. The maximum Gasteiger partial charge on any atom is 0.122 e. The highest BCUT2D eigenvalue weighted by Gasteiger charge is 2.16. The van der Waals surface area contributed by atoms with E-state index in [0.29, 0.717) is 5.92 Å². The first-order chi connectivity index (χ1) is 12.6. The third kappa shape index (κ3) is 3.74. The highest BCUT2D eigenvalue weighted by Crippen LogP contribution is 2.30. The first-order valence-electron chi connectivity index (χ1n) is 8.95. The summed E-state index contributed by atoms with van der Waals surface area (Å²) < 4.78 is 13.0. The van der Waals surface area contributed by atoms with Gasteiger partial charge in [-0.1, -0.05) is 32.0 Å². The van der Waals surface area contributed by atoms with Crippen LogP contribution in [0.1, 0.15) is 31.0 Å². The number of hydrogen-bond donors (Lipinski definition) is 0. The molecule has 0 amide bonds. The summed E-state index contributed by atoms with van der Waals surface area (Å²) >= 11 is 0. The molecule has 0 spiro atoms. The SMILES string of the molecule is COc1ccc(-c2ncn(CCc3ccccc3OC)c2C(C)C)cc1. The van der Waals surface area contributed by atoms with Gasteiger partial charge in [-0.25, -0.2) is 4.98 Å². The topological polar surface area (TPSA) is 36.3 Å². The van der Waals surface area contributed by atoms with Crippen molar-refractivity contribution >= 4 is 0 Å². The second kappa shape index (κ2) is 8.09. The third-order valence-electron chi connectivity index (χ3n) is 4.60. The summed E-state index contributed by atoms with van der Waals surface area (Å²) in [6.07, 6.45) is 2.85. The largest absolute Gasteiger partial charge is 0.497 e. The van der Waals surface area contributed by atoms with E-state index >= 15 is 0 Å². The average Bonchev–Trinajstić information content (AvgIpc) is 3.11. The zero-order valence-corrected chi connectivity index (χ0v) is 15.9. The molecular weight excluding hydrogens is 324 g/mol. The minimum atomic E-state index is 0.382. The lowest BCUT2D eigenvalue weighted by Crippen LogP contribution is -2.07. The predicted octanol–water partition coefficient (Wildman–Crippen LogP) is 4.93. The molecule has 0 atom stereocenters. The van der Waals surface area contributed by atoms with Gasteiger partial charge in [-0.2, -0.15) is 0 Å². The quantitative estimate of drug-likeness (QED) is 0.606. The van der Waals surface area contributed by atoms with Gasteiger partial charge in [0.15, 0.2) is 0 Å². The Balaban J connectivity index is 1.87. The molecule has 0 saturated heterocycles. The van der Waals surface area contributed by atoms with Crippen LogP contribution in [0.25, 0.3) is 11.3 Å². The Hall–Kier alpha value is -2.75. The van der Waals surface area contributed by atoms with Crippen LogP contribution in [0.15, 0.2) is 54.9 Å². The van der Waals surface area contributed by atoms with Gasteiger partial charge in [0, 0.05) is 17.8 Å². The highest BCUT2D eigenvalue weighted by atomic mass is 16.5. The van der Waals surface area contributed by atoms with E-state index in [9.17, 15) is 0 Å². The number of benzene rings is 2. The summed E-state index contributed by atoms with van der Waals surface area (Å²) in [4.78, 5) is 4.71. The van der Waals surface area contributed by atoms with Gasteiger partial charge in [-0.05, 0) is 48.2 Å². The molecule has 4 heteroatoms. The van der Waals surface area contributed by atoms with Crippen molar-refractivity contribution in [1.29, 1.82) is 0 Å². The van der Waals surface area contributed by atoms with Crippen molar-refractivity contribution in [2.75, 3.05) is 14.2 Å². The summed E-state index contributed by atoms with van der Waals surface area (Å²) in [5.74, 6) is 2.18. The molecule has 0 aliphatic rings. The van der Waals surface area contributed by atoms with Crippen LogP contribution in [0.4, 0.5) is 0 Å². The van der Waals surface area contributed by atoms with E-state index < -0.39 is 0 Å². The van der Waals surface area contributed by atoms with E-state index in [1.54, 1.807) is 14.2 Å². The van der Waals surface area contributed by atoms with Crippen LogP contribution in [0.2, 0.25) is 0 Å². The molecule has 0 aliphatic heterocycles. The summed E-state index contributed by atoms with van der Waals surface area (Å²) in [7, 11) is 3.40. The van der Waals surface area contributed by atoms with Crippen molar-refractivity contribution < 1.29 is 9.47 Å². The summed E-state index contributed by atoms with van der Waals surface area (Å²) in [6.45, 7) is 5.30. The first-order valence-corrected chi connectivity index (χ1v) is 8.95. The minimum absolute atomic E-state index is 0.382. The van der Waals surface area contributed by atoms with E-state index in [1.807, 2.05) is 30.6 Å². The molecule has 0 fully saturated rings. The molecule has 0 unspecified atom stereocenters. The van der Waals surface area contributed by atoms with Crippen molar-refractivity contribution in [3.8, 4) is 22.8 Å². The Bertz CT molecular complexity index is 851. The summed E-state index contributed by atoms with van der Waals surface area (Å²) in [6, 6.07) is 16.3. The molecular formula is C22H26N2O2. The number of nitrogens with zero attached hydrogens (tertiary/aromatic N) is 2. The first kappa shape index (κ1) is 18.1. The van der Waals surface area contributed by atoms with Crippen molar-refractivity contribution in [3.63, 3.8) is 0 Å². The monoisotopic (exact) mass is 350 g/mol. The van der Waals surface area contributed by atoms with Gasteiger partial charge < -0.3 is 14.0 Å². The fraction of sp³-hybridized carbons (Fsp3) is 0.318. The van der Waals surface area contributed by atoms with Crippen LogP contribution < -0.4 is 9.47 Å². The Morgan fingerprint density at radius 2 is 1.69 bits per heavy atom. The normalized spacial score (nSPS) is 11.0. The summed E-state index contributed by atoms with van der Waals surface area (Å²) in [5.41, 5.74) is 4.63. The van der Waals surface area contributed by atoms with Crippen molar-refractivity contribution in [3.05, 3.63) is 66.1 Å².